The first-order chi connectivity index (χ1) is 6.72. The molecular weight excluding hydrogens is 182 g/mol. The molecule has 0 radical (unpaired) electrons. The van der Waals surface area contributed by atoms with Gasteiger partial charge in [0.25, 0.3) is 0 Å². The summed E-state index contributed by atoms with van der Waals surface area (Å²) in [6.07, 6.45) is 3.51. The lowest BCUT2D eigenvalue weighted by atomic mass is 10.2. The first kappa shape index (κ1) is 11.2. The Hall–Kier alpha value is -0.870. The first-order valence-electron chi connectivity index (χ1n) is 4.83. The van der Waals surface area contributed by atoms with Crippen molar-refractivity contribution in [2.24, 2.45) is 0 Å². The molecule has 1 heterocycles. The van der Waals surface area contributed by atoms with Crippen molar-refractivity contribution in [1.29, 1.82) is 0 Å². The third-order valence-corrected chi connectivity index (χ3v) is 1.84. The van der Waals surface area contributed by atoms with Gasteiger partial charge >= 0.3 is 0 Å². The van der Waals surface area contributed by atoms with E-state index in [2.05, 4.69) is 4.98 Å². The average molecular weight is 199 g/mol. The van der Waals surface area contributed by atoms with Crippen LogP contribution in [-0.2, 0) is 17.6 Å². The lowest BCUT2D eigenvalue weighted by molar-refractivity contribution is 0.184. The van der Waals surface area contributed by atoms with Gasteiger partial charge in [0.05, 0.1) is 12.3 Å². The van der Waals surface area contributed by atoms with Crippen LogP contribution in [0.15, 0.2) is 10.6 Å². The number of nitrogens with zero attached hydrogens (tertiary/aromatic N) is 1. The third kappa shape index (κ3) is 3.89. The molecule has 0 bridgehead atoms. The lowest BCUT2D eigenvalue weighted by Gasteiger charge is -1.98. The summed E-state index contributed by atoms with van der Waals surface area (Å²) < 4.78 is 10.3. The Kier molecular flexibility index (Phi) is 4.62. The van der Waals surface area contributed by atoms with Crippen LogP contribution in [-0.4, -0.2) is 29.9 Å². The smallest absolute Gasteiger partial charge is 0.194 e. The fourth-order valence-electron chi connectivity index (χ4n) is 1.22. The van der Waals surface area contributed by atoms with Crippen molar-refractivity contribution in [3.8, 4) is 0 Å². The minimum Gasteiger partial charge on any atom is -0.446 e. The quantitative estimate of drug-likeness (QED) is 0.699. The maximum atomic E-state index is 9.12. The van der Waals surface area contributed by atoms with E-state index in [4.69, 9.17) is 14.3 Å². The molecule has 1 unspecified atom stereocenters. The minimum atomic E-state index is -0.380. The first-order valence-corrected chi connectivity index (χ1v) is 4.83. The van der Waals surface area contributed by atoms with Gasteiger partial charge in [-0.1, -0.05) is 0 Å². The maximum Gasteiger partial charge on any atom is 0.194 e. The van der Waals surface area contributed by atoms with Gasteiger partial charge in [0.2, 0.25) is 0 Å². The van der Waals surface area contributed by atoms with E-state index in [-0.39, 0.29) is 6.10 Å². The number of ether oxygens (including phenoxy) is 1. The largest absolute Gasteiger partial charge is 0.446 e. The van der Waals surface area contributed by atoms with Crippen LogP contribution in [0.1, 0.15) is 25.0 Å². The van der Waals surface area contributed by atoms with Gasteiger partial charge in [0, 0.05) is 26.6 Å². The molecule has 1 aromatic rings. The molecule has 0 saturated carbocycles. The highest BCUT2D eigenvalue weighted by molar-refractivity contribution is 4.95. The van der Waals surface area contributed by atoms with Gasteiger partial charge in [0.15, 0.2) is 5.89 Å². The summed E-state index contributed by atoms with van der Waals surface area (Å²) in [6.45, 7) is 2.45. The summed E-state index contributed by atoms with van der Waals surface area (Å²) in [4.78, 5) is 4.11. The summed E-state index contributed by atoms with van der Waals surface area (Å²) >= 11 is 0. The molecule has 0 fully saturated rings. The van der Waals surface area contributed by atoms with Crippen LogP contribution >= 0.6 is 0 Å². The van der Waals surface area contributed by atoms with Gasteiger partial charge in [-0.25, -0.2) is 4.98 Å². The lowest BCUT2D eigenvalue weighted by Crippen LogP contribution is -2.02. The Bertz CT molecular complexity index is 258. The van der Waals surface area contributed by atoms with Crippen LogP contribution in [0.5, 0.6) is 0 Å². The van der Waals surface area contributed by atoms with Gasteiger partial charge < -0.3 is 14.3 Å². The van der Waals surface area contributed by atoms with E-state index in [1.807, 2.05) is 0 Å². The number of hydrogen-bond donors (Lipinski definition) is 1. The summed E-state index contributed by atoms with van der Waals surface area (Å²) in [6, 6.07) is 0. The van der Waals surface area contributed by atoms with E-state index < -0.39 is 0 Å². The van der Waals surface area contributed by atoms with Crippen molar-refractivity contribution in [3.63, 3.8) is 0 Å². The van der Waals surface area contributed by atoms with Gasteiger partial charge in [-0.3, -0.25) is 0 Å². The molecule has 0 aliphatic heterocycles. The number of aliphatic hydroxyl groups excluding tert-OH is 1. The van der Waals surface area contributed by atoms with Crippen molar-refractivity contribution in [2.75, 3.05) is 13.7 Å². The van der Waals surface area contributed by atoms with E-state index in [0.717, 1.165) is 24.5 Å². The van der Waals surface area contributed by atoms with E-state index in [1.165, 1.54) is 0 Å². The zero-order valence-electron chi connectivity index (χ0n) is 8.69. The molecule has 4 nitrogen and oxygen atoms in total. The maximum absolute atomic E-state index is 9.12. The third-order valence-electron chi connectivity index (χ3n) is 1.84. The molecule has 0 saturated heterocycles. The highest BCUT2D eigenvalue weighted by atomic mass is 16.5. The van der Waals surface area contributed by atoms with Gasteiger partial charge in [-0.2, -0.15) is 0 Å². The average Bonchev–Trinajstić information content (AvgIpc) is 2.52. The van der Waals surface area contributed by atoms with Gasteiger partial charge in [-0.05, 0) is 13.3 Å². The number of aliphatic hydroxyl groups is 1. The van der Waals surface area contributed by atoms with Crippen molar-refractivity contribution in [2.45, 2.75) is 32.3 Å². The fraction of sp³-hybridized carbons (Fsp3) is 0.700. The summed E-state index contributed by atoms with van der Waals surface area (Å²) in [5.74, 6) is 1.46. The van der Waals surface area contributed by atoms with Crippen molar-refractivity contribution < 1.29 is 14.3 Å². The van der Waals surface area contributed by atoms with Crippen LogP contribution in [0.2, 0.25) is 0 Å². The number of methoxy groups -OCH3 is 1. The van der Waals surface area contributed by atoms with Crippen LogP contribution < -0.4 is 0 Å². The Morgan fingerprint density at radius 1 is 1.64 bits per heavy atom. The molecular formula is C10H17NO3. The normalized spacial score (nSPS) is 13.1. The predicted octanol–water partition coefficient (Wildman–Crippen LogP) is 1.18. The zero-order valence-corrected chi connectivity index (χ0v) is 8.69. The van der Waals surface area contributed by atoms with E-state index in [1.54, 1.807) is 20.2 Å². The SMILES string of the molecule is COCCCc1ncc(CC(C)O)o1. The Labute approximate surface area is 83.9 Å². The van der Waals surface area contributed by atoms with Crippen molar-refractivity contribution >= 4 is 0 Å². The standard InChI is InChI=1S/C10H17NO3/c1-8(12)6-9-7-11-10(14-9)4-3-5-13-2/h7-8,12H,3-6H2,1-2H3. The molecule has 4 heteroatoms. The second-order valence-corrected chi connectivity index (χ2v) is 3.37. The molecule has 0 aromatic carbocycles. The topological polar surface area (TPSA) is 55.5 Å². The zero-order chi connectivity index (χ0) is 10.4. The van der Waals surface area contributed by atoms with E-state index in [0.29, 0.717) is 13.0 Å². The number of hydrogen-bond acceptors (Lipinski definition) is 4. The van der Waals surface area contributed by atoms with Gasteiger partial charge in [-0.15, -0.1) is 0 Å². The van der Waals surface area contributed by atoms with Crippen molar-refractivity contribution in [3.05, 3.63) is 17.8 Å². The molecule has 80 valence electrons. The molecule has 14 heavy (non-hydrogen) atoms. The number of aromatic nitrogens is 1. The van der Waals surface area contributed by atoms with E-state index >= 15 is 0 Å². The number of rotatable bonds is 6. The van der Waals surface area contributed by atoms with Gasteiger partial charge in [0.1, 0.15) is 5.76 Å². The molecule has 0 spiro atoms. The Morgan fingerprint density at radius 2 is 2.43 bits per heavy atom. The van der Waals surface area contributed by atoms with Crippen LogP contribution in [0.25, 0.3) is 0 Å². The van der Waals surface area contributed by atoms with Crippen LogP contribution in [0, 0.1) is 0 Å². The molecule has 1 N–H and O–H groups in total. The number of aryl methyl sites for hydroxylation is 1. The molecule has 1 aromatic heterocycles. The van der Waals surface area contributed by atoms with Crippen LogP contribution in [0.3, 0.4) is 0 Å². The predicted molar refractivity (Wildman–Crippen MR) is 52.1 cm³/mol. The van der Waals surface area contributed by atoms with E-state index in [9.17, 15) is 0 Å². The molecule has 0 amide bonds. The Morgan fingerprint density at radius 3 is 3.07 bits per heavy atom. The highest BCUT2D eigenvalue weighted by Crippen LogP contribution is 2.08. The second kappa shape index (κ2) is 5.78. The molecule has 0 aliphatic carbocycles. The monoisotopic (exact) mass is 199 g/mol. The molecule has 0 aliphatic rings. The summed E-state index contributed by atoms with van der Waals surface area (Å²) in [5.41, 5.74) is 0. The summed E-state index contributed by atoms with van der Waals surface area (Å²) in [5, 5.41) is 9.12. The second-order valence-electron chi connectivity index (χ2n) is 3.37. The molecule has 1 atom stereocenters. The number of oxazole rings is 1. The highest BCUT2D eigenvalue weighted by Gasteiger charge is 2.06. The van der Waals surface area contributed by atoms with Crippen LogP contribution in [0.4, 0.5) is 0 Å². The Balaban J connectivity index is 2.35. The fourth-order valence-corrected chi connectivity index (χ4v) is 1.22. The summed E-state index contributed by atoms with van der Waals surface area (Å²) in [7, 11) is 1.68. The minimum absolute atomic E-state index is 0.380. The molecule has 1 rings (SSSR count). The van der Waals surface area contributed by atoms with Crippen molar-refractivity contribution in [1.82, 2.24) is 4.98 Å².